The number of carboxylic acid groups (broad SMARTS) is 1. The van der Waals surface area contributed by atoms with E-state index in [9.17, 15) is 19.5 Å². The summed E-state index contributed by atoms with van der Waals surface area (Å²) in [6.45, 7) is 0. The second-order valence-corrected chi connectivity index (χ2v) is 5.35. The molecule has 0 radical (unpaired) electrons. The van der Waals surface area contributed by atoms with E-state index in [2.05, 4.69) is 10.1 Å². The Balaban J connectivity index is 1.84. The molecule has 1 aromatic rings. The Kier molecular flexibility index (Phi) is 3.87. The maximum Gasteiger partial charge on any atom is 0.339 e. The molecule has 23 heavy (non-hydrogen) atoms. The number of nitrogens with one attached hydrogen (secondary N) is 1. The molecule has 0 saturated carbocycles. The maximum atomic E-state index is 12.5. The minimum absolute atomic E-state index is 0.188. The van der Waals surface area contributed by atoms with E-state index in [1.807, 2.05) is 0 Å². The topological polar surface area (TPSA) is 105 Å². The van der Waals surface area contributed by atoms with E-state index < -0.39 is 41.9 Å². The Morgan fingerprint density at radius 1 is 1.13 bits per heavy atom. The van der Waals surface area contributed by atoms with Crippen LogP contribution in [0.25, 0.3) is 0 Å². The van der Waals surface area contributed by atoms with Gasteiger partial charge in [-0.1, -0.05) is 24.3 Å². The molecule has 0 aromatic heterocycles. The predicted octanol–water partition coefficient (Wildman–Crippen LogP) is -0.269. The zero-order valence-corrected chi connectivity index (χ0v) is 12.2. The molecule has 2 aliphatic rings. The number of hydrogen-bond acceptors (Lipinski definition) is 6. The number of benzene rings is 1. The van der Waals surface area contributed by atoms with E-state index >= 15 is 0 Å². The van der Waals surface area contributed by atoms with Gasteiger partial charge in [-0.15, -0.1) is 0 Å². The number of aliphatic carboxylic acids is 1. The second-order valence-electron chi connectivity index (χ2n) is 5.35. The van der Waals surface area contributed by atoms with Crippen molar-refractivity contribution in [1.29, 1.82) is 0 Å². The molecule has 2 heterocycles. The Bertz CT molecular complexity index is 698. The molecule has 3 rings (SSSR count). The number of amides is 1. The molecule has 7 heteroatoms. The van der Waals surface area contributed by atoms with Gasteiger partial charge in [0.2, 0.25) is 5.91 Å². The summed E-state index contributed by atoms with van der Waals surface area (Å²) in [5.74, 6) is -4.41. The van der Waals surface area contributed by atoms with Gasteiger partial charge in [0, 0.05) is 11.9 Å². The third kappa shape index (κ3) is 2.59. The summed E-state index contributed by atoms with van der Waals surface area (Å²) in [7, 11) is 1.24. The summed E-state index contributed by atoms with van der Waals surface area (Å²) >= 11 is 0. The summed E-state index contributed by atoms with van der Waals surface area (Å²) in [6.07, 6.45) is 2.03. The zero-order chi connectivity index (χ0) is 16.6. The molecule has 7 nitrogen and oxygen atoms in total. The van der Waals surface area contributed by atoms with Crippen LogP contribution in [0.15, 0.2) is 36.4 Å². The lowest BCUT2D eigenvalue weighted by Crippen LogP contribution is -2.45. The molecule has 0 unspecified atom stereocenters. The summed E-state index contributed by atoms with van der Waals surface area (Å²) < 4.78 is 10.1. The number of rotatable bonds is 4. The number of hydrogen-bond donors (Lipinski definition) is 1. The van der Waals surface area contributed by atoms with E-state index in [1.165, 1.54) is 13.2 Å². The molecule has 1 aromatic carbocycles. The maximum absolute atomic E-state index is 12.5. The first-order valence-electron chi connectivity index (χ1n) is 7.05. The van der Waals surface area contributed by atoms with Crippen LogP contribution in [0.3, 0.4) is 0 Å². The number of para-hydroxylation sites is 1. The molecule has 4 atom stereocenters. The number of fused-ring (bicyclic) bond motifs is 2. The minimum Gasteiger partial charge on any atom is -0.550 e. The van der Waals surface area contributed by atoms with E-state index in [0.29, 0.717) is 0 Å². The molecule has 2 aliphatic heterocycles. The van der Waals surface area contributed by atoms with Crippen molar-refractivity contribution in [2.75, 3.05) is 12.4 Å². The van der Waals surface area contributed by atoms with Crippen molar-refractivity contribution >= 4 is 23.5 Å². The van der Waals surface area contributed by atoms with E-state index in [4.69, 9.17) is 4.74 Å². The number of methoxy groups -OCH3 is 1. The van der Waals surface area contributed by atoms with E-state index in [-0.39, 0.29) is 11.3 Å². The standard InChI is InChI=1S/C16H15NO6/c1-22-16(21)8-4-2-3-5-9(8)17-14(18)12-10-6-7-11(23-10)13(12)15(19)20/h2-7,10-13H,1H3,(H,17,18)(H,19,20)/p-1/t10-,11+,12-,13-/m0/s1. The summed E-state index contributed by atoms with van der Waals surface area (Å²) in [5, 5.41) is 13.9. The Morgan fingerprint density at radius 2 is 1.78 bits per heavy atom. The van der Waals surface area contributed by atoms with Gasteiger partial charge in [0.05, 0.1) is 36.5 Å². The smallest absolute Gasteiger partial charge is 0.339 e. The molecular weight excluding hydrogens is 302 g/mol. The molecule has 1 amide bonds. The Hall–Kier alpha value is -2.67. The first kappa shape index (κ1) is 15.2. The van der Waals surface area contributed by atoms with Crippen LogP contribution < -0.4 is 10.4 Å². The molecule has 2 bridgehead atoms. The van der Waals surface area contributed by atoms with Crippen molar-refractivity contribution in [3.8, 4) is 0 Å². The minimum atomic E-state index is -1.33. The van der Waals surface area contributed by atoms with Crippen LogP contribution >= 0.6 is 0 Å². The van der Waals surface area contributed by atoms with Crippen molar-refractivity contribution in [2.45, 2.75) is 12.2 Å². The molecule has 120 valence electrons. The summed E-state index contributed by atoms with van der Waals surface area (Å²) in [5.41, 5.74) is 0.446. The first-order chi connectivity index (χ1) is 11.0. The quantitative estimate of drug-likeness (QED) is 0.606. The van der Waals surface area contributed by atoms with Gasteiger partial charge in [-0.3, -0.25) is 4.79 Å². The van der Waals surface area contributed by atoms with E-state index in [1.54, 1.807) is 30.4 Å². The van der Waals surface area contributed by atoms with Crippen LogP contribution in [-0.4, -0.2) is 37.2 Å². The summed E-state index contributed by atoms with van der Waals surface area (Å²) in [4.78, 5) is 35.5. The molecule has 1 saturated heterocycles. The van der Waals surface area contributed by atoms with Crippen LogP contribution in [0.2, 0.25) is 0 Å². The largest absolute Gasteiger partial charge is 0.550 e. The van der Waals surface area contributed by atoms with Crippen LogP contribution in [0.4, 0.5) is 5.69 Å². The van der Waals surface area contributed by atoms with Crippen LogP contribution in [-0.2, 0) is 19.1 Å². The van der Waals surface area contributed by atoms with Crippen molar-refractivity contribution in [3.63, 3.8) is 0 Å². The van der Waals surface area contributed by atoms with Gasteiger partial charge in [0.1, 0.15) is 0 Å². The predicted molar refractivity (Wildman–Crippen MR) is 76.2 cm³/mol. The van der Waals surface area contributed by atoms with Crippen LogP contribution in [0, 0.1) is 11.8 Å². The van der Waals surface area contributed by atoms with Crippen molar-refractivity contribution in [2.24, 2.45) is 11.8 Å². The zero-order valence-electron chi connectivity index (χ0n) is 12.2. The van der Waals surface area contributed by atoms with Gasteiger partial charge in [-0.05, 0) is 12.1 Å². The number of esters is 1. The normalized spacial score (nSPS) is 27.7. The highest BCUT2D eigenvalue weighted by Gasteiger charge is 2.50. The van der Waals surface area contributed by atoms with Gasteiger partial charge in [0.25, 0.3) is 0 Å². The monoisotopic (exact) mass is 316 g/mol. The number of ether oxygens (including phenoxy) is 2. The fourth-order valence-electron chi connectivity index (χ4n) is 3.00. The van der Waals surface area contributed by atoms with Crippen molar-refractivity contribution < 1.29 is 29.0 Å². The lowest BCUT2D eigenvalue weighted by molar-refractivity contribution is -0.313. The highest BCUT2D eigenvalue weighted by atomic mass is 16.5. The Morgan fingerprint density at radius 3 is 2.43 bits per heavy atom. The fraction of sp³-hybridized carbons (Fsp3) is 0.312. The van der Waals surface area contributed by atoms with Gasteiger partial charge >= 0.3 is 5.97 Å². The third-order valence-corrected chi connectivity index (χ3v) is 4.06. The molecule has 1 fully saturated rings. The third-order valence-electron chi connectivity index (χ3n) is 4.06. The lowest BCUT2D eigenvalue weighted by Gasteiger charge is -2.25. The van der Waals surface area contributed by atoms with Gasteiger partial charge in [-0.2, -0.15) is 0 Å². The number of carbonyl (C=O) groups is 3. The average Bonchev–Trinajstić information content (AvgIpc) is 3.15. The van der Waals surface area contributed by atoms with Gasteiger partial charge in [0.15, 0.2) is 0 Å². The first-order valence-corrected chi connectivity index (χ1v) is 7.05. The van der Waals surface area contributed by atoms with Crippen molar-refractivity contribution in [3.05, 3.63) is 42.0 Å². The van der Waals surface area contributed by atoms with Gasteiger partial charge in [-0.25, -0.2) is 4.79 Å². The van der Waals surface area contributed by atoms with Crippen molar-refractivity contribution in [1.82, 2.24) is 0 Å². The average molecular weight is 316 g/mol. The van der Waals surface area contributed by atoms with Crippen LogP contribution in [0.5, 0.6) is 0 Å². The van der Waals surface area contributed by atoms with Crippen LogP contribution in [0.1, 0.15) is 10.4 Å². The number of carbonyl (C=O) groups excluding carboxylic acids is 3. The highest BCUT2D eigenvalue weighted by molar-refractivity contribution is 6.03. The fourth-order valence-corrected chi connectivity index (χ4v) is 3.00. The molecular formula is C16H14NO6-. The molecule has 0 aliphatic carbocycles. The Labute approximate surface area is 131 Å². The highest BCUT2D eigenvalue weighted by Crippen LogP contribution is 2.39. The second kappa shape index (κ2) is 5.85. The number of anilines is 1. The van der Waals surface area contributed by atoms with Gasteiger partial charge < -0.3 is 24.7 Å². The van der Waals surface area contributed by atoms with E-state index in [0.717, 1.165) is 0 Å². The molecule has 0 spiro atoms. The lowest BCUT2D eigenvalue weighted by atomic mass is 9.82. The SMILES string of the molecule is COC(=O)c1ccccc1NC(=O)[C@@H]1[C@@H](C(=O)[O-])[C@H]2C=C[C@@H]1O2. The summed E-state index contributed by atoms with van der Waals surface area (Å²) in [6, 6.07) is 6.34. The molecule has 1 N–H and O–H groups in total. The number of carboxylic acids is 1.